The number of amides is 1. The highest BCUT2D eigenvalue weighted by atomic mass is 16.5. The molecule has 0 unspecified atom stereocenters. The van der Waals surface area contributed by atoms with Crippen LogP contribution in [-0.2, 0) is 11.3 Å². The van der Waals surface area contributed by atoms with Crippen molar-refractivity contribution in [3.05, 3.63) is 60.8 Å². The number of nitrogens with zero attached hydrogens (tertiary/aromatic N) is 1. The summed E-state index contributed by atoms with van der Waals surface area (Å²) in [6, 6.07) is 10.8. The minimum Gasteiger partial charge on any atom is -0.497 e. The van der Waals surface area contributed by atoms with Crippen LogP contribution in [0.15, 0.2) is 55.3 Å². The van der Waals surface area contributed by atoms with Crippen molar-refractivity contribution in [2.24, 2.45) is 0 Å². The fourth-order valence-corrected chi connectivity index (χ4v) is 1.64. The van der Waals surface area contributed by atoms with Crippen LogP contribution in [0.25, 0.3) is 0 Å². The number of pyridine rings is 1. The third-order valence-electron chi connectivity index (χ3n) is 2.73. The van der Waals surface area contributed by atoms with Crippen molar-refractivity contribution in [3.63, 3.8) is 0 Å². The van der Waals surface area contributed by atoms with Gasteiger partial charge in [-0.25, -0.2) is 4.98 Å². The van der Waals surface area contributed by atoms with E-state index in [0.29, 0.717) is 18.2 Å². The predicted molar refractivity (Wildman–Crippen MR) is 79.3 cm³/mol. The van der Waals surface area contributed by atoms with Crippen LogP contribution in [0.1, 0.15) is 5.56 Å². The molecule has 5 heteroatoms. The van der Waals surface area contributed by atoms with Crippen molar-refractivity contribution < 1.29 is 14.3 Å². The third-order valence-corrected chi connectivity index (χ3v) is 2.73. The molecule has 1 aromatic carbocycles. The van der Waals surface area contributed by atoms with Crippen molar-refractivity contribution in [2.75, 3.05) is 7.11 Å². The fourth-order valence-electron chi connectivity index (χ4n) is 1.64. The zero-order valence-electron chi connectivity index (χ0n) is 11.7. The van der Waals surface area contributed by atoms with Gasteiger partial charge >= 0.3 is 0 Å². The molecule has 2 rings (SSSR count). The number of rotatable bonds is 6. The normalized spacial score (nSPS) is 9.76. The Hall–Kier alpha value is -2.82. The molecule has 1 amide bonds. The molecular formula is C16H16N2O3. The van der Waals surface area contributed by atoms with E-state index in [1.165, 1.54) is 6.08 Å². The summed E-state index contributed by atoms with van der Waals surface area (Å²) in [5, 5.41) is 2.70. The molecular weight excluding hydrogens is 268 g/mol. The van der Waals surface area contributed by atoms with E-state index in [4.69, 9.17) is 9.47 Å². The number of nitrogens with one attached hydrogen (secondary N) is 1. The molecule has 0 aliphatic carbocycles. The second-order valence-corrected chi connectivity index (χ2v) is 4.20. The van der Waals surface area contributed by atoms with Gasteiger partial charge in [-0.15, -0.1) is 0 Å². The summed E-state index contributed by atoms with van der Waals surface area (Å²) in [4.78, 5) is 15.3. The number of carbonyl (C=O) groups is 1. The highest BCUT2D eigenvalue weighted by Crippen LogP contribution is 2.22. The highest BCUT2D eigenvalue weighted by Gasteiger charge is 2.02. The van der Waals surface area contributed by atoms with Gasteiger partial charge in [0.2, 0.25) is 11.8 Å². The van der Waals surface area contributed by atoms with Gasteiger partial charge in [-0.05, 0) is 42.0 Å². The Labute approximate surface area is 123 Å². The summed E-state index contributed by atoms with van der Waals surface area (Å²) < 4.78 is 10.7. The molecule has 108 valence electrons. The van der Waals surface area contributed by atoms with Gasteiger partial charge in [0.25, 0.3) is 0 Å². The number of carbonyl (C=O) groups excluding carboxylic acids is 1. The lowest BCUT2D eigenvalue weighted by atomic mass is 10.2. The van der Waals surface area contributed by atoms with Crippen LogP contribution < -0.4 is 14.8 Å². The maximum Gasteiger partial charge on any atom is 0.243 e. The van der Waals surface area contributed by atoms with E-state index in [1.807, 2.05) is 18.2 Å². The molecule has 0 aliphatic heterocycles. The lowest BCUT2D eigenvalue weighted by molar-refractivity contribution is -0.116. The van der Waals surface area contributed by atoms with Gasteiger partial charge in [-0.2, -0.15) is 0 Å². The van der Waals surface area contributed by atoms with Gasteiger partial charge < -0.3 is 14.8 Å². The Morgan fingerprint density at radius 2 is 2.00 bits per heavy atom. The molecule has 2 aromatic rings. The predicted octanol–water partition coefficient (Wildman–Crippen LogP) is 2.68. The van der Waals surface area contributed by atoms with E-state index in [2.05, 4.69) is 16.9 Å². The Morgan fingerprint density at radius 1 is 1.29 bits per heavy atom. The maximum absolute atomic E-state index is 11.1. The average molecular weight is 284 g/mol. The van der Waals surface area contributed by atoms with Crippen molar-refractivity contribution in [3.8, 4) is 17.4 Å². The molecule has 1 heterocycles. The fraction of sp³-hybridized carbons (Fsp3) is 0.125. The van der Waals surface area contributed by atoms with E-state index in [0.717, 1.165) is 11.3 Å². The number of aromatic nitrogens is 1. The molecule has 0 radical (unpaired) electrons. The molecule has 1 N–H and O–H groups in total. The average Bonchev–Trinajstić information content (AvgIpc) is 2.53. The van der Waals surface area contributed by atoms with Crippen LogP contribution >= 0.6 is 0 Å². The summed E-state index contributed by atoms with van der Waals surface area (Å²) in [5.74, 6) is 1.67. The third kappa shape index (κ3) is 4.35. The van der Waals surface area contributed by atoms with Gasteiger partial charge in [0.05, 0.1) is 7.11 Å². The first-order valence-corrected chi connectivity index (χ1v) is 6.38. The number of benzene rings is 1. The minimum atomic E-state index is -0.218. The second-order valence-electron chi connectivity index (χ2n) is 4.20. The molecule has 1 aromatic heterocycles. The van der Waals surface area contributed by atoms with Crippen LogP contribution in [0, 0.1) is 0 Å². The first-order valence-electron chi connectivity index (χ1n) is 6.38. The minimum absolute atomic E-state index is 0.218. The molecule has 0 fully saturated rings. The Bertz CT molecular complexity index is 624. The Balaban J connectivity index is 2.02. The van der Waals surface area contributed by atoms with Gasteiger partial charge in [0, 0.05) is 18.8 Å². The highest BCUT2D eigenvalue weighted by molar-refractivity contribution is 5.86. The maximum atomic E-state index is 11.1. The van der Waals surface area contributed by atoms with Crippen molar-refractivity contribution in [1.82, 2.24) is 10.3 Å². The summed E-state index contributed by atoms with van der Waals surface area (Å²) in [5.41, 5.74) is 0.892. The summed E-state index contributed by atoms with van der Waals surface area (Å²) in [6.07, 6.45) is 2.87. The number of hydrogen-bond donors (Lipinski definition) is 1. The van der Waals surface area contributed by atoms with Gasteiger partial charge in [-0.3, -0.25) is 4.79 Å². The quantitative estimate of drug-likeness (QED) is 0.828. The van der Waals surface area contributed by atoms with Crippen LogP contribution in [0.4, 0.5) is 0 Å². The van der Waals surface area contributed by atoms with Crippen LogP contribution in [0.3, 0.4) is 0 Å². The zero-order valence-corrected chi connectivity index (χ0v) is 11.7. The monoisotopic (exact) mass is 284 g/mol. The molecule has 5 nitrogen and oxygen atoms in total. The van der Waals surface area contributed by atoms with E-state index in [9.17, 15) is 4.79 Å². The molecule has 0 atom stereocenters. The molecule has 0 aliphatic rings. The largest absolute Gasteiger partial charge is 0.497 e. The lowest BCUT2D eigenvalue weighted by Crippen LogP contribution is -2.19. The number of ether oxygens (including phenoxy) is 2. The van der Waals surface area contributed by atoms with E-state index in [-0.39, 0.29) is 5.91 Å². The first kappa shape index (κ1) is 14.6. The van der Waals surface area contributed by atoms with Gasteiger partial charge in [-0.1, -0.05) is 6.58 Å². The SMILES string of the molecule is C=CC(=O)NCc1ccnc(Oc2ccc(OC)cc2)c1. The smallest absolute Gasteiger partial charge is 0.243 e. The van der Waals surface area contributed by atoms with E-state index in [1.54, 1.807) is 31.5 Å². The first-order chi connectivity index (χ1) is 10.2. The Morgan fingerprint density at radius 3 is 2.67 bits per heavy atom. The summed E-state index contributed by atoms with van der Waals surface area (Å²) in [6.45, 7) is 3.80. The standard InChI is InChI=1S/C16H16N2O3/c1-3-15(19)18-11-12-8-9-17-16(10-12)21-14-6-4-13(20-2)5-7-14/h3-10H,1,11H2,2H3,(H,18,19). The molecule has 21 heavy (non-hydrogen) atoms. The zero-order chi connectivity index (χ0) is 15.1. The molecule has 0 spiro atoms. The van der Waals surface area contributed by atoms with Crippen LogP contribution in [-0.4, -0.2) is 18.0 Å². The second kappa shape index (κ2) is 7.09. The van der Waals surface area contributed by atoms with Crippen LogP contribution in [0.2, 0.25) is 0 Å². The van der Waals surface area contributed by atoms with Gasteiger partial charge in [0.1, 0.15) is 11.5 Å². The van der Waals surface area contributed by atoms with Gasteiger partial charge in [0.15, 0.2) is 0 Å². The van der Waals surface area contributed by atoms with E-state index >= 15 is 0 Å². The number of hydrogen-bond acceptors (Lipinski definition) is 4. The van der Waals surface area contributed by atoms with Crippen LogP contribution in [0.5, 0.6) is 17.4 Å². The van der Waals surface area contributed by atoms with Crippen molar-refractivity contribution >= 4 is 5.91 Å². The lowest BCUT2D eigenvalue weighted by Gasteiger charge is -2.07. The summed E-state index contributed by atoms with van der Waals surface area (Å²) in [7, 11) is 1.61. The molecule has 0 saturated heterocycles. The summed E-state index contributed by atoms with van der Waals surface area (Å²) >= 11 is 0. The van der Waals surface area contributed by atoms with E-state index < -0.39 is 0 Å². The molecule has 0 bridgehead atoms. The molecule has 0 saturated carbocycles. The number of methoxy groups -OCH3 is 1. The van der Waals surface area contributed by atoms with Crippen molar-refractivity contribution in [1.29, 1.82) is 0 Å². The topological polar surface area (TPSA) is 60.5 Å². The van der Waals surface area contributed by atoms with Crippen molar-refractivity contribution in [2.45, 2.75) is 6.54 Å². The Kier molecular flexibility index (Phi) is 4.93.